The average molecular weight is 276 g/mol. The second-order valence-electron chi connectivity index (χ2n) is 5.66. The first-order chi connectivity index (χ1) is 8.22. The molecule has 1 rings (SSSR count). The minimum Gasteiger partial charge on any atom is -0.336 e. The third-order valence-electron chi connectivity index (χ3n) is 3.15. The van der Waals surface area contributed by atoms with E-state index in [4.69, 9.17) is 0 Å². The van der Waals surface area contributed by atoms with E-state index in [1.807, 2.05) is 13.8 Å². The van der Waals surface area contributed by atoms with Crippen LogP contribution in [0.3, 0.4) is 0 Å². The molecule has 0 aromatic heterocycles. The average Bonchev–Trinajstić information content (AvgIpc) is 2.13. The normalized spacial score (nSPS) is 19.6. The Labute approximate surface area is 110 Å². The molecule has 0 unspecified atom stereocenters. The zero-order chi connectivity index (χ0) is 13.8. The summed E-state index contributed by atoms with van der Waals surface area (Å²) in [5.41, 5.74) is -0.579. The Balaban J connectivity index is 2.74. The predicted octanol–water partition coefficient (Wildman–Crippen LogP) is 1.44. The van der Waals surface area contributed by atoms with Gasteiger partial charge in [0.15, 0.2) is 0 Å². The van der Waals surface area contributed by atoms with Crippen LogP contribution < -0.4 is 10.6 Å². The van der Waals surface area contributed by atoms with Crippen LogP contribution in [0.4, 0.5) is 4.79 Å². The number of amides is 2. The number of nitrogens with one attached hydrogen (secondary N) is 2. The standard InChI is InChI=1S/C12H24N2O3S/c1-10(2)13-11(15)14-12(9-18(3,16)17)7-5-4-6-8-12/h10H,4-9H2,1-3H3,(H2,13,14,15). The topological polar surface area (TPSA) is 75.3 Å². The molecule has 1 aliphatic rings. The molecule has 0 bridgehead atoms. The Morgan fingerprint density at radius 1 is 1.22 bits per heavy atom. The maximum Gasteiger partial charge on any atom is 0.315 e. The summed E-state index contributed by atoms with van der Waals surface area (Å²) in [4.78, 5) is 11.8. The Bertz CT molecular complexity index is 384. The van der Waals surface area contributed by atoms with Crippen molar-refractivity contribution in [2.24, 2.45) is 0 Å². The molecule has 0 saturated heterocycles. The summed E-state index contributed by atoms with van der Waals surface area (Å²) in [6, 6.07) is -0.223. The number of carbonyl (C=O) groups excluding carboxylic acids is 1. The zero-order valence-corrected chi connectivity index (χ0v) is 12.3. The van der Waals surface area contributed by atoms with Gasteiger partial charge in [-0.3, -0.25) is 0 Å². The van der Waals surface area contributed by atoms with E-state index in [0.717, 1.165) is 32.1 Å². The van der Waals surface area contributed by atoms with Gasteiger partial charge in [-0.05, 0) is 26.7 Å². The number of hydrogen-bond acceptors (Lipinski definition) is 3. The lowest BCUT2D eigenvalue weighted by Gasteiger charge is -2.37. The first kappa shape index (κ1) is 15.3. The van der Waals surface area contributed by atoms with Crippen LogP contribution in [0.5, 0.6) is 0 Å². The summed E-state index contributed by atoms with van der Waals surface area (Å²) in [5, 5.41) is 5.65. The second kappa shape index (κ2) is 5.91. The van der Waals surface area contributed by atoms with Crippen molar-refractivity contribution in [2.75, 3.05) is 12.0 Å². The van der Waals surface area contributed by atoms with Crippen LogP contribution in [0.25, 0.3) is 0 Å². The molecular weight excluding hydrogens is 252 g/mol. The quantitative estimate of drug-likeness (QED) is 0.816. The van der Waals surface area contributed by atoms with Crippen LogP contribution in [0.2, 0.25) is 0 Å². The van der Waals surface area contributed by atoms with Gasteiger partial charge in [-0.25, -0.2) is 13.2 Å². The Kier molecular flexibility index (Phi) is 5.01. The van der Waals surface area contributed by atoms with E-state index in [-0.39, 0.29) is 17.8 Å². The lowest BCUT2D eigenvalue weighted by molar-refractivity contribution is 0.210. The molecule has 0 aliphatic heterocycles. The first-order valence-electron chi connectivity index (χ1n) is 6.49. The highest BCUT2D eigenvalue weighted by Crippen LogP contribution is 2.29. The van der Waals surface area contributed by atoms with Crippen LogP contribution in [0.15, 0.2) is 0 Å². The van der Waals surface area contributed by atoms with Gasteiger partial charge in [0, 0.05) is 12.3 Å². The summed E-state index contributed by atoms with van der Waals surface area (Å²) in [6.45, 7) is 3.76. The van der Waals surface area contributed by atoms with Crippen LogP contribution in [-0.2, 0) is 9.84 Å². The van der Waals surface area contributed by atoms with Crippen LogP contribution >= 0.6 is 0 Å². The van der Waals surface area contributed by atoms with Gasteiger partial charge in [-0.1, -0.05) is 19.3 Å². The van der Waals surface area contributed by atoms with E-state index in [1.54, 1.807) is 0 Å². The van der Waals surface area contributed by atoms with Crippen LogP contribution in [-0.4, -0.2) is 38.0 Å². The lowest BCUT2D eigenvalue weighted by Crippen LogP contribution is -2.57. The van der Waals surface area contributed by atoms with Gasteiger partial charge in [0.25, 0.3) is 0 Å². The highest BCUT2D eigenvalue weighted by Gasteiger charge is 2.36. The number of urea groups is 1. The maximum atomic E-state index is 11.8. The fourth-order valence-corrected chi connectivity index (χ4v) is 3.94. The van der Waals surface area contributed by atoms with E-state index in [1.165, 1.54) is 6.26 Å². The fourth-order valence-electron chi connectivity index (χ4n) is 2.57. The largest absolute Gasteiger partial charge is 0.336 e. The highest BCUT2D eigenvalue weighted by atomic mass is 32.2. The molecule has 2 amide bonds. The monoisotopic (exact) mass is 276 g/mol. The molecule has 0 heterocycles. The second-order valence-corrected chi connectivity index (χ2v) is 7.80. The van der Waals surface area contributed by atoms with E-state index < -0.39 is 15.4 Å². The third kappa shape index (κ3) is 5.25. The SMILES string of the molecule is CC(C)NC(=O)NC1(CS(C)(=O)=O)CCCCC1. The van der Waals surface area contributed by atoms with Gasteiger partial charge in [0.1, 0.15) is 9.84 Å². The van der Waals surface area contributed by atoms with Gasteiger partial charge in [-0.2, -0.15) is 0 Å². The highest BCUT2D eigenvalue weighted by molar-refractivity contribution is 7.90. The number of rotatable bonds is 4. The molecule has 0 radical (unpaired) electrons. The predicted molar refractivity (Wildman–Crippen MR) is 72.3 cm³/mol. The molecule has 0 aromatic rings. The summed E-state index contributed by atoms with van der Waals surface area (Å²) in [5.74, 6) is 0.0332. The van der Waals surface area contributed by atoms with E-state index in [9.17, 15) is 13.2 Å². The molecule has 6 heteroatoms. The van der Waals surface area contributed by atoms with Crippen molar-refractivity contribution in [1.29, 1.82) is 0 Å². The number of sulfone groups is 1. The van der Waals surface area contributed by atoms with Gasteiger partial charge in [-0.15, -0.1) is 0 Å². The van der Waals surface area contributed by atoms with Gasteiger partial charge < -0.3 is 10.6 Å². The van der Waals surface area contributed by atoms with Gasteiger partial charge >= 0.3 is 6.03 Å². The summed E-state index contributed by atoms with van der Waals surface area (Å²) >= 11 is 0. The Hall–Kier alpha value is -0.780. The molecule has 0 aromatic carbocycles. The fraction of sp³-hybridized carbons (Fsp3) is 0.917. The van der Waals surface area contributed by atoms with Crippen molar-refractivity contribution in [2.45, 2.75) is 57.5 Å². The van der Waals surface area contributed by atoms with Crippen LogP contribution in [0.1, 0.15) is 46.0 Å². The first-order valence-corrected chi connectivity index (χ1v) is 8.55. The minimum atomic E-state index is -3.10. The molecule has 1 fully saturated rings. The van der Waals surface area contributed by atoms with E-state index in [0.29, 0.717) is 0 Å². The Morgan fingerprint density at radius 3 is 2.22 bits per heavy atom. The van der Waals surface area contributed by atoms with Crippen LogP contribution in [0, 0.1) is 0 Å². The molecule has 2 N–H and O–H groups in total. The third-order valence-corrected chi connectivity index (χ3v) is 4.22. The smallest absolute Gasteiger partial charge is 0.315 e. The molecule has 1 aliphatic carbocycles. The van der Waals surface area contributed by atoms with Crippen molar-refractivity contribution in [3.8, 4) is 0 Å². The maximum absolute atomic E-state index is 11.8. The van der Waals surface area contributed by atoms with Crippen molar-refractivity contribution in [3.63, 3.8) is 0 Å². The van der Waals surface area contributed by atoms with Crippen molar-refractivity contribution in [1.82, 2.24) is 10.6 Å². The molecule has 0 atom stereocenters. The molecule has 18 heavy (non-hydrogen) atoms. The minimum absolute atomic E-state index is 0.0332. The van der Waals surface area contributed by atoms with Gasteiger partial charge in [0.05, 0.1) is 11.3 Å². The molecular formula is C12H24N2O3S. The summed E-state index contributed by atoms with van der Waals surface area (Å²) < 4.78 is 23.1. The lowest BCUT2D eigenvalue weighted by atomic mass is 9.83. The summed E-state index contributed by atoms with van der Waals surface area (Å²) in [7, 11) is -3.10. The molecule has 106 valence electrons. The molecule has 1 saturated carbocycles. The number of hydrogen-bond donors (Lipinski definition) is 2. The van der Waals surface area contributed by atoms with E-state index >= 15 is 0 Å². The van der Waals surface area contributed by atoms with Crippen molar-refractivity contribution in [3.05, 3.63) is 0 Å². The number of carbonyl (C=O) groups is 1. The van der Waals surface area contributed by atoms with Gasteiger partial charge in [0.2, 0.25) is 0 Å². The van der Waals surface area contributed by atoms with Crippen molar-refractivity contribution >= 4 is 15.9 Å². The zero-order valence-electron chi connectivity index (χ0n) is 11.5. The molecule has 0 spiro atoms. The van der Waals surface area contributed by atoms with Crippen molar-refractivity contribution < 1.29 is 13.2 Å². The summed E-state index contributed by atoms with van der Waals surface area (Å²) in [6.07, 6.45) is 5.76. The Morgan fingerprint density at radius 2 is 1.78 bits per heavy atom. The van der Waals surface area contributed by atoms with E-state index in [2.05, 4.69) is 10.6 Å². The molecule has 5 nitrogen and oxygen atoms in total.